The third kappa shape index (κ3) is 7.54. The van der Waals surface area contributed by atoms with Crippen molar-refractivity contribution >= 4 is 12.1 Å². The molecule has 0 heterocycles. The summed E-state index contributed by atoms with van der Waals surface area (Å²) in [4.78, 5) is 22.8. The number of likely N-dealkylation sites (N-methyl/N-ethyl adjacent to an activating group) is 1. The van der Waals surface area contributed by atoms with Gasteiger partial charge in [0.15, 0.2) is 0 Å². The van der Waals surface area contributed by atoms with E-state index in [9.17, 15) is 9.59 Å². The van der Waals surface area contributed by atoms with Gasteiger partial charge in [-0.15, -0.1) is 0 Å². The van der Waals surface area contributed by atoms with Crippen molar-refractivity contribution in [3.8, 4) is 0 Å². The molecule has 0 bridgehead atoms. The molecule has 0 spiro atoms. The summed E-state index contributed by atoms with van der Waals surface area (Å²) < 4.78 is 5.06. The van der Waals surface area contributed by atoms with E-state index in [0.717, 1.165) is 6.08 Å². The van der Waals surface area contributed by atoms with Crippen LogP contribution in [0, 0.1) is 0 Å². The number of carboxylic acids is 1. The van der Waals surface area contributed by atoms with Crippen LogP contribution in [0.15, 0.2) is 12.2 Å². The normalized spacial score (nSPS) is 11.5. The molecule has 0 atom stereocenters. The molecule has 15 heavy (non-hydrogen) atoms. The Morgan fingerprint density at radius 1 is 1.40 bits per heavy atom. The van der Waals surface area contributed by atoms with Gasteiger partial charge >= 0.3 is 12.1 Å². The van der Waals surface area contributed by atoms with Crippen LogP contribution in [0.5, 0.6) is 0 Å². The highest BCUT2D eigenvalue weighted by Gasteiger charge is 2.18. The summed E-state index contributed by atoms with van der Waals surface area (Å²) in [5, 5.41) is 8.33. The van der Waals surface area contributed by atoms with Crippen molar-refractivity contribution in [1.82, 2.24) is 4.90 Å². The molecule has 0 rings (SSSR count). The maximum Gasteiger partial charge on any atom is 0.410 e. The first-order valence-corrected chi connectivity index (χ1v) is 4.56. The number of carboxylic acid groups (broad SMARTS) is 1. The number of amides is 1. The van der Waals surface area contributed by atoms with E-state index in [1.54, 1.807) is 27.8 Å². The van der Waals surface area contributed by atoms with Crippen LogP contribution in [0.4, 0.5) is 4.79 Å². The van der Waals surface area contributed by atoms with Crippen molar-refractivity contribution in [1.29, 1.82) is 0 Å². The van der Waals surface area contributed by atoms with Crippen LogP contribution in [0.25, 0.3) is 0 Å². The molecule has 1 N–H and O–H groups in total. The zero-order valence-corrected chi connectivity index (χ0v) is 9.48. The van der Waals surface area contributed by atoms with Crippen LogP contribution in [-0.4, -0.2) is 41.3 Å². The average molecular weight is 215 g/mol. The fraction of sp³-hybridized carbons (Fsp3) is 0.600. The molecule has 0 aromatic carbocycles. The largest absolute Gasteiger partial charge is 0.478 e. The van der Waals surface area contributed by atoms with E-state index in [0.29, 0.717) is 0 Å². The van der Waals surface area contributed by atoms with E-state index in [2.05, 4.69) is 0 Å². The van der Waals surface area contributed by atoms with E-state index in [1.165, 1.54) is 11.0 Å². The SMILES string of the molecule is CN(C/C=C/C(=O)O)C(=O)OC(C)(C)C. The minimum Gasteiger partial charge on any atom is -0.478 e. The Balaban J connectivity index is 4.06. The molecule has 86 valence electrons. The van der Waals surface area contributed by atoms with Crippen molar-refractivity contribution < 1.29 is 19.4 Å². The summed E-state index contributed by atoms with van der Waals surface area (Å²) in [6.07, 6.45) is 1.89. The highest BCUT2D eigenvalue weighted by atomic mass is 16.6. The summed E-state index contributed by atoms with van der Waals surface area (Å²) in [5.41, 5.74) is -0.540. The second-order valence-corrected chi connectivity index (χ2v) is 4.10. The number of aliphatic carboxylic acids is 1. The van der Waals surface area contributed by atoms with Crippen LogP contribution in [-0.2, 0) is 9.53 Å². The second kappa shape index (κ2) is 5.38. The van der Waals surface area contributed by atoms with Gasteiger partial charge in [-0.1, -0.05) is 6.08 Å². The quantitative estimate of drug-likeness (QED) is 0.724. The first kappa shape index (κ1) is 13.5. The monoisotopic (exact) mass is 215 g/mol. The molecule has 0 aromatic rings. The minimum atomic E-state index is -1.03. The summed E-state index contributed by atoms with van der Waals surface area (Å²) in [6.45, 7) is 5.52. The van der Waals surface area contributed by atoms with Crippen LogP contribution in [0.2, 0.25) is 0 Å². The smallest absolute Gasteiger partial charge is 0.410 e. The van der Waals surface area contributed by atoms with Crippen LogP contribution in [0.1, 0.15) is 20.8 Å². The Morgan fingerprint density at radius 3 is 2.33 bits per heavy atom. The first-order chi connectivity index (χ1) is 6.72. The predicted molar refractivity (Wildman–Crippen MR) is 55.6 cm³/mol. The van der Waals surface area contributed by atoms with E-state index in [4.69, 9.17) is 9.84 Å². The fourth-order valence-corrected chi connectivity index (χ4v) is 0.726. The van der Waals surface area contributed by atoms with Gasteiger partial charge in [0.2, 0.25) is 0 Å². The molecule has 0 radical (unpaired) electrons. The molecule has 0 aromatic heterocycles. The van der Waals surface area contributed by atoms with E-state index in [-0.39, 0.29) is 6.54 Å². The lowest BCUT2D eigenvalue weighted by atomic mass is 10.2. The van der Waals surface area contributed by atoms with Gasteiger partial charge in [-0.25, -0.2) is 9.59 Å². The molecule has 1 amide bonds. The Bertz CT molecular complexity index is 265. The van der Waals surface area contributed by atoms with Gasteiger partial charge in [-0.2, -0.15) is 0 Å². The fourth-order valence-electron chi connectivity index (χ4n) is 0.726. The second-order valence-electron chi connectivity index (χ2n) is 4.10. The minimum absolute atomic E-state index is 0.210. The third-order valence-corrected chi connectivity index (χ3v) is 1.34. The topological polar surface area (TPSA) is 66.8 Å². The van der Waals surface area contributed by atoms with E-state index in [1.807, 2.05) is 0 Å². The van der Waals surface area contributed by atoms with Gasteiger partial charge in [-0.05, 0) is 20.8 Å². The number of nitrogens with zero attached hydrogens (tertiary/aromatic N) is 1. The molecular formula is C10H17NO4. The molecule has 0 aliphatic heterocycles. The van der Waals surface area contributed by atoms with Gasteiger partial charge < -0.3 is 14.7 Å². The zero-order chi connectivity index (χ0) is 12.1. The predicted octanol–water partition coefficient (Wildman–Crippen LogP) is 1.49. The molecule has 0 aliphatic carbocycles. The van der Waals surface area contributed by atoms with Crippen LogP contribution < -0.4 is 0 Å². The Hall–Kier alpha value is -1.52. The Morgan fingerprint density at radius 2 is 1.93 bits per heavy atom. The summed E-state index contributed by atoms with van der Waals surface area (Å²) in [5.74, 6) is -1.03. The molecule has 0 fully saturated rings. The molecular weight excluding hydrogens is 198 g/mol. The van der Waals surface area contributed by atoms with Gasteiger partial charge in [0.1, 0.15) is 5.60 Å². The summed E-state index contributed by atoms with van der Waals surface area (Å²) >= 11 is 0. The molecule has 0 aliphatic rings. The van der Waals surface area contributed by atoms with Gasteiger partial charge in [0, 0.05) is 19.7 Å². The highest BCUT2D eigenvalue weighted by Crippen LogP contribution is 2.08. The summed E-state index contributed by atoms with van der Waals surface area (Å²) in [6, 6.07) is 0. The number of carbonyl (C=O) groups excluding carboxylic acids is 1. The number of ether oxygens (including phenoxy) is 1. The maximum atomic E-state index is 11.4. The Labute approximate surface area is 89.3 Å². The first-order valence-electron chi connectivity index (χ1n) is 4.56. The lowest BCUT2D eigenvalue weighted by Crippen LogP contribution is -2.34. The van der Waals surface area contributed by atoms with E-state index >= 15 is 0 Å². The number of rotatable bonds is 3. The van der Waals surface area contributed by atoms with Crippen molar-refractivity contribution in [2.24, 2.45) is 0 Å². The van der Waals surface area contributed by atoms with Gasteiger partial charge in [-0.3, -0.25) is 0 Å². The van der Waals surface area contributed by atoms with Crippen molar-refractivity contribution in [2.75, 3.05) is 13.6 Å². The molecule has 5 heteroatoms. The van der Waals surface area contributed by atoms with Crippen molar-refractivity contribution in [2.45, 2.75) is 26.4 Å². The molecule has 0 saturated carbocycles. The van der Waals surface area contributed by atoms with Crippen LogP contribution in [0.3, 0.4) is 0 Å². The standard InChI is InChI=1S/C10H17NO4/c1-10(2,3)15-9(14)11(4)7-5-6-8(12)13/h5-6H,7H2,1-4H3,(H,12,13)/b6-5+. The number of carbonyl (C=O) groups is 2. The third-order valence-electron chi connectivity index (χ3n) is 1.34. The van der Waals surface area contributed by atoms with Crippen molar-refractivity contribution in [3.63, 3.8) is 0 Å². The molecule has 5 nitrogen and oxygen atoms in total. The van der Waals surface area contributed by atoms with Gasteiger partial charge in [0.05, 0.1) is 0 Å². The number of hydrogen-bond acceptors (Lipinski definition) is 3. The molecule has 0 saturated heterocycles. The number of hydrogen-bond donors (Lipinski definition) is 1. The average Bonchev–Trinajstić information content (AvgIpc) is 1.99. The van der Waals surface area contributed by atoms with Crippen LogP contribution >= 0.6 is 0 Å². The Kier molecular flexibility index (Phi) is 4.84. The lowest BCUT2D eigenvalue weighted by Gasteiger charge is -2.23. The van der Waals surface area contributed by atoms with Crippen molar-refractivity contribution in [3.05, 3.63) is 12.2 Å². The summed E-state index contributed by atoms with van der Waals surface area (Å²) in [7, 11) is 1.54. The maximum absolute atomic E-state index is 11.4. The van der Waals surface area contributed by atoms with Gasteiger partial charge in [0.25, 0.3) is 0 Å². The lowest BCUT2D eigenvalue weighted by molar-refractivity contribution is -0.131. The van der Waals surface area contributed by atoms with E-state index < -0.39 is 17.7 Å². The highest BCUT2D eigenvalue weighted by molar-refractivity contribution is 5.79. The molecule has 0 unspecified atom stereocenters. The zero-order valence-electron chi connectivity index (χ0n) is 9.48.